The van der Waals surface area contributed by atoms with E-state index in [2.05, 4.69) is 9.97 Å². The summed E-state index contributed by atoms with van der Waals surface area (Å²) in [7, 11) is 1.64. The Bertz CT molecular complexity index is 1380. The highest BCUT2D eigenvalue weighted by molar-refractivity contribution is 5.97. The Balaban J connectivity index is 2.03. The molecule has 0 saturated heterocycles. The van der Waals surface area contributed by atoms with E-state index in [-0.39, 0.29) is 12.0 Å². The largest absolute Gasteiger partial charge is 0.480 e. The summed E-state index contributed by atoms with van der Waals surface area (Å²) in [5.74, 6) is -1.50. The van der Waals surface area contributed by atoms with Gasteiger partial charge in [-0.3, -0.25) is 19.6 Å². The number of carbonyl (C=O) groups is 1. The van der Waals surface area contributed by atoms with Crippen LogP contribution in [0.15, 0.2) is 47.5 Å². The van der Waals surface area contributed by atoms with Crippen molar-refractivity contribution in [1.82, 2.24) is 14.5 Å². The molecule has 0 fully saturated rings. The molecule has 8 heteroatoms. The van der Waals surface area contributed by atoms with E-state index in [9.17, 15) is 14.0 Å². The summed E-state index contributed by atoms with van der Waals surface area (Å²) < 4.78 is 15.4. The molecule has 2 aromatic carbocycles. The number of hydrogen-bond acceptors (Lipinski definition) is 5. The first kappa shape index (κ1) is 19.7. The maximum Gasteiger partial charge on any atom is 0.320 e. The van der Waals surface area contributed by atoms with Gasteiger partial charge in [-0.2, -0.15) is 0 Å². The number of aromatic nitrogens is 3. The topological polar surface area (TPSA) is 111 Å². The van der Waals surface area contributed by atoms with Gasteiger partial charge >= 0.3 is 5.97 Å². The third kappa shape index (κ3) is 3.11. The first-order valence-electron chi connectivity index (χ1n) is 9.29. The van der Waals surface area contributed by atoms with E-state index in [1.54, 1.807) is 32.2 Å². The normalized spacial score (nSPS) is 12.4. The van der Waals surface area contributed by atoms with E-state index in [1.165, 1.54) is 29.1 Å². The average Bonchev–Trinajstić information content (AvgIpc) is 2.73. The molecule has 1 unspecified atom stereocenters. The van der Waals surface area contributed by atoms with Gasteiger partial charge in [0.05, 0.1) is 22.1 Å². The van der Waals surface area contributed by atoms with E-state index in [4.69, 9.17) is 10.8 Å². The molecule has 0 saturated carbocycles. The van der Waals surface area contributed by atoms with Crippen molar-refractivity contribution in [2.75, 3.05) is 0 Å². The number of nitrogens with zero attached hydrogens (tertiary/aromatic N) is 3. The van der Waals surface area contributed by atoms with Gasteiger partial charge in [0.1, 0.15) is 11.9 Å². The Morgan fingerprint density at radius 1 is 1.20 bits per heavy atom. The van der Waals surface area contributed by atoms with Crippen LogP contribution in [-0.2, 0) is 18.3 Å². The molecule has 0 amide bonds. The predicted octanol–water partition coefficient (Wildman–Crippen LogP) is 2.55. The lowest BCUT2D eigenvalue weighted by atomic mass is 9.94. The van der Waals surface area contributed by atoms with Crippen molar-refractivity contribution in [3.8, 4) is 11.1 Å². The minimum Gasteiger partial charge on any atom is -0.480 e. The Kier molecular flexibility index (Phi) is 4.79. The standard InChI is InChI=1S/C22H19FN4O3/c1-11-15-10-13(23)4-6-17(15)27(2)21(28)18(11)14-5-3-12(9-16(24)22(29)30)19-20(14)26-8-7-25-19/h3-8,10,16H,9,24H2,1-2H3,(H,29,30). The number of fused-ring (bicyclic) bond motifs is 2. The van der Waals surface area contributed by atoms with Crippen molar-refractivity contribution in [1.29, 1.82) is 0 Å². The van der Waals surface area contributed by atoms with Gasteiger partial charge in [0, 0.05) is 36.8 Å². The van der Waals surface area contributed by atoms with E-state index < -0.39 is 17.8 Å². The number of hydrogen-bond donors (Lipinski definition) is 2. The molecule has 0 radical (unpaired) electrons. The summed E-state index contributed by atoms with van der Waals surface area (Å²) in [5.41, 5.74) is 9.23. The van der Waals surface area contributed by atoms with Crippen LogP contribution >= 0.6 is 0 Å². The molecule has 2 aromatic heterocycles. The highest BCUT2D eigenvalue weighted by Crippen LogP contribution is 2.32. The lowest BCUT2D eigenvalue weighted by Gasteiger charge is -2.16. The number of aryl methyl sites for hydroxylation is 2. The van der Waals surface area contributed by atoms with Gasteiger partial charge in [-0.25, -0.2) is 4.39 Å². The van der Waals surface area contributed by atoms with Gasteiger partial charge < -0.3 is 15.4 Å². The van der Waals surface area contributed by atoms with Crippen LogP contribution < -0.4 is 11.3 Å². The fourth-order valence-electron chi connectivity index (χ4n) is 3.79. The van der Waals surface area contributed by atoms with E-state index in [1.807, 2.05) is 0 Å². The summed E-state index contributed by atoms with van der Waals surface area (Å²) in [5, 5.41) is 9.76. The van der Waals surface area contributed by atoms with Crippen LogP contribution in [0.3, 0.4) is 0 Å². The smallest absolute Gasteiger partial charge is 0.320 e. The Morgan fingerprint density at radius 2 is 1.90 bits per heavy atom. The molecule has 0 spiro atoms. The van der Waals surface area contributed by atoms with Crippen molar-refractivity contribution in [3.05, 3.63) is 70.0 Å². The maximum atomic E-state index is 13.9. The number of rotatable bonds is 4. The summed E-state index contributed by atoms with van der Waals surface area (Å²) in [6.45, 7) is 1.77. The number of carboxylic acid groups (broad SMARTS) is 1. The minimum atomic E-state index is -1.11. The fraction of sp³-hybridized carbons (Fsp3) is 0.182. The highest BCUT2D eigenvalue weighted by atomic mass is 19.1. The summed E-state index contributed by atoms with van der Waals surface area (Å²) in [4.78, 5) is 33.1. The molecule has 2 heterocycles. The van der Waals surface area contributed by atoms with Gasteiger partial charge in [0.25, 0.3) is 5.56 Å². The Morgan fingerprint density at radius 3 is 2.60 bits per heavy atom. The quantitative estimate of drug-likeness (QED) is 0.539. The summed E-state index contributed by atoms with van der Waals surface area (Å²) in [6.07, 6.45) is 3.08. The zero-order valence-electron chi connectivity index (χ0n) is 16.4. The molecule has 0 bridgehead atoms. The fourth-order valence-corrected chi connectivity index (χ4v) is 3.79. The first-order valence-corrected chi connectivity index (χ1v) is 9.29. The predicted molar refractivity (Wildman–Crippen MR) is 112 cm³/mol. The van der Waals surface area contributed by atoms with E-state index in [0.717, 1.165) is 0 Å². The molecule has 0 aliphatic carbocycles. The van der Waals surface area contributed by atoms with Crippen LogP contribution in [-0.4, -0.2) is 31.7 Å². The van der Waals surface area contributed by atoms with Crippen LogP contribution in [0, 0.1) is 12.7 Å². The maximum absolute atomic E-state index is 13.9. The highest BCUT2D eigenvalue weighted by Gasteiger charge is 2.20. The Labute approximate surface area is 170 Å². The second-order valence-corrected chi connectivity index (χ2v) is 7.20. The molecule has 30 heavy (non-hydrogen) atoms. The number of nitrogens with two attached hydrogens (primary N) is 1. The van der Waals surface area contributed by atoms with Gasteiger partial charge in [-0.1, -0.05) is 12.1 Å². The first-order chi connectivity index (χ1) is 14.3. The van der Waals surface area contributed by atoms with E-state index >= 15 is 0 Å². The number of halogens is 1. The molecule has 3 N–H and O–H groups in total. The van der Waals surface area contributed by atoms with Crippen LogP contribution in [0.1, 0.15) is 11.1 Å². The number of aliphatic carboxylic acids is 1. The number of pyridine rings is 1. The lowest BCUT2D eigenvalue weighted by molar-refractivity contribution is -0.138. The molecule has 152 valence electrons. The van der Waals surface area contributed by atoms with Crippen molar-refractivity contribution >= 4 is 27.9 Å². The second kappa shape index (κ2) is 7.31. The third-order valence-corrected chi connectivity index (χ3v) is 5.35. The molecule has 0 aliphatic rings. The molecule has 4 rings (SSSR count). The van der Waals surface area contributed by atoms with Gasteiger partial charge in [-0.15, -0.1) is 0 Å². The van der Waals surface area contributed by atoms with Crippen LogP contribution in [0.25, 0.3) is 33.1 Å². The lowest BCUT2D eigenvalue weighted by Crippen LogP contribution is -2.32. The molecule has 4 aromatic rings. The third-order valence-electron chi connectivity index (χ3n) is 5.35. The van der Waals surface area contributed by atoms with Gasteiger partial charge in [0.15, 0.2) is 0 Å². The molecule has 0 aliphatic heterocycles. The van der Waals surface area contributed by atoms with Crippen molar-refractivity contribution in [2.24, 2.45) is 12.8 Å². The molecule has 1 atom stereocenters. The van der Waals surface area contributed by atoms with E-state index in [0.29, 0.717) is 44.2 Å². The summed E-state index contributed by atoms with van der Waals surface area (Å²) in [6, 6.07) is 6.65. The SMILES string of the molecule is Cc1c(-c2ccc(CC(N)C(=O)O)c3nccnc23)c(=O)n(C)c2ccc(F)cc12. The van der Waals surface area contributed by atoms with Crippen molar-refractivity contribution < 1.29 is 14.3 Å². The van der Waals surface area contributed by atoms with Gasteiger partial charge in [-0.05, 0) is 36.2 Å². The second-order valence-electron chi connectivity index (χ2n) is 7.20. The monoisotopic (exact) mass is 406 g/mol. The average molecular weight is 406 g/mol. The summed E-state index contributed by atoms with van der Waals surface area (Å²) >= 11 is 0. The molecular weight excluding hydrogens is 387 g/mol. The zero-order valence-corrected chi connectivity index (χ0v) is 16.4. The van der Waals surface area contributed by atoms with Crippen molar-refractivity contribution in [3.63, 3.8) is 0 Å². The number of carboxylic acids is 1. The Hall–Kier alpha value is -3.65. The van der Waals surface area contributed by atoms with Crippen LogP contribution in [0.2, 0.25) is 0 Å². The molecular formula is C22H19FN4O3. The van der Waals surface area contributed by atoms with Crippen molar-refractivity contribution in [2.45, 2.75) is 19.4 Å². The molecule has 7 nitrogen and oxygen atoms in total. The van der Waals surface area contributed by atoms with Crippen LogP contribution in [0.4, 0.5) is 4.39 Å². The number of benzene rings is 2. The van der Waals surface area contributed by atoms with Crippen LogP contribution in [0.5, 0.6) is 0 Å². The van der Waals surface area contributed by atoms with Gasteiger partial charge in [0.2, 0.25) is 0 Å². The zero-order chi connectivity index (χ0) is 21.6. The minimum absolute atomic E-state index is 0.0741.